The molecule has 3 N–H and O–H groups in total. The summed E-state index contributed by atoms with van der Waals surface area (Å²) in [6.07, 6.45) is 10.4. The Morgan fingerprint density at radius 3 is 2.27 bits per heavy atom. The van der Waals surface area contributed by atoms with Crippen LogP contribution in [-0.4, -0.2) is 19.1 Å². The highest BCUT2D eigenvalue weighted by Crippen LogP contribution is 2.04. The summed E-state index contributed by atoms with van der Waals surface area (Å²) in [5, 5.41) is 3.63. The topological polar surface area (TPSA) is 38.0 Å². The molecule has 0 aliphatic carbocycles. The van der Waals surface area contributed by atoms with Crippen molar-refractivity contribution in [3.63, 3.8) is 0 Å². The zero-order chi connectivity index (χ0) is 11.4. The first kappa shape index (κ1) is 14.9. The molecule has 0 aliphatic heterocycles. The minimum atomic E-state index is 0.663. The van der Waals surface area contributed by atoms with E-state index in [4.69, 9.17) is 5.73 Å². The molecule has 2 heteroatoms. The van der Waals surface area contributed by atoms with Gasteiger partial charge in [0.05, 0.1) is 0 Å². The third-order valence-electron chi connectivity index (χ3n) is 2.88. The fourth-order valence-corrected chi connectivity index (χ4v) is 1.86. The molecular formula is C13H30N2. The second kappa shape index (κ2) is 12.0. The van der Waals surface area contributed by atoms with Crippen LogP contribution in [0.5, 0.6) is 0 Å². The maximum atomic E-state index is 5.61. The lowest BCUT2D eigenvalue weighted by molar-refractivity contribution is 0.435. The van der Waals surface area contributed by atoms with Gasteiger partial charge in [0.2, 0.25) is 0 Å². The van der Waals surface area contributed by atoms with Crippen molar-refractivity contribution in [2.45, 2.75) is 71.3 Å². The summed E-state index contributed by atoms with van der Waals surface area (Å²) in [5.74, 6) is 0. The van der Waals surface area contributed by atoms with Crippen LogP contribution in [0.25, 0.3) is 0 Å². The Hall–Kier alpha value is -0.0800. The van der Waals surface area contributed by atoms with Crippen LogP contribution >= 0.6 is 0 Å². The Balaban J connectivity index is 3.38. The molecular weight excluding hydrogens is 184 g/mol. The van der Waals surface area contributed by atoms with Crippen LogP contribution in [0.2, 0.25) is 0 Å². The predicted molar refractivity (Wildman–Crippen MR) is 69.1 cm³/mol. The number of hydrogen-bond donors (Lipinski definition) is 2. The summed E-state index contributed by atoms with van der Waals surface area (Å²) < 4.78 is 0. The molecule has 1 unspecified atom stereocenters. The van der Waals surface area contributed by atoms with Crippen LogP contribution in [0.4, 0.5) is 0 Å². The first-order chi connectivity index (χ1) is 7.35. The highest BCUT2D eigenvalue weighted by atomic mass is 14.9. The highest BCUT2D eigenvalue weighted by Gasteiger charge is 2.05. The molecule has 0 aromatic carbocycles. The molecule has 0 fully saturated rings. The molecule has 0 aliphatic rings. The van der Waals surface area contributed by atoms with E-state index in [1.165, 1.54) is 51.5 Å². The Bertz CT molecular complexity index is 115. The van der Waals surface area contributed by atoms with Gasteiger partial charge in [-0.3, -0.25) is 0 Å². The molecule has 2 nitrogen and oxygen atoms in total. The molecule has 0 aromatic rings. The van der Waals surface area contributed by atoms with Crippen LogP contribution in [0.1, 0.15) is 65.2 Å². The van der Waals surface area contributed by atoms with Gasteiger partial charge in [-0.05, 0) is 32.4 Å². The van der Waals surface area contributed by atoms with E-state index in [-0.39, 0.29) is 0 Å². The van der Waals surface area contributed by atoms with Crippen LogP contribution in [-0.2, 0) is 0 Å². The van der Waals surface area contributed by atoms with Gasteiger partial charge in [-0.15, -0.1) is 0 Å². The van der Waals surface area contributed by atoms with Gasteiger partial charge in [0.1, 0.15) is 0 Å². The monoisotopic (exact) mass is 214 g/mol. The van der Waals surface area contributed by atoms with E-state index in [0.29, 0.717) is 6.04 Å². The van der Waals surface area contributed by atoms with Gasteiger partial charge in [-0.1, -0.05) is 46.0 Å². The van der Waals surface area contributed by atoms with E-state index in [9.17, 15) is 0 Å². The van der Waals surface area contributed by atoms with Crippen molar-refractivity contribution < 1.29 is 0 Å². The first-order valence-electron chi connectivity index (χ1n) is 6.78. The summed E-state index contributed by atoms with van der Waals surface area (Å²) in [7, 11) is 0. The maximum Gasteiger partial charge on any atom is 0.00790 e. The molecule has 0 saturated heterocycles. The maximum absolute atomic E-state index is 5.61. The minimum Gasteiger partial charge on any atom is -0.330 e. The largest absolute Gasteiger partial charge is 0.330 e. The van der Waals surface area contributed by atoms with Gasteiger partial charge in [0.25, 0.3) is 0 Å². The average Bonchev–Trinajstić information content (AvgIpc) is 2.25. The summed E-state index contributed by atoms with van der Waals surface area (Å²) in [6.45, 7) is 6.50. The average molecular weight is 214 g/mol. The Morgan fingerprint density at radius 1 is 0.933 bits per heavy atom. The molecule has 0 amide bonds. The molecule has 0 bridgehead atoms. The summed E-state index contributed by atoms with van der Waals surface area (Å²) in [5.41, 5.74) is 5.61. The quantitative estimate of drug-likeness (QED) is 0.519. The van der Waals surface area contributed by atoms with Gasteiger partial charge in [-0.25, -0.2) is 0 Å². The van der Waals surface area contributed by atoms with Crippen molar-refractivity contribution in [1.82, 2.24) is 5.32 Å². The van der Waals surface area contributed by atoms with Crippen molar-refractivity contribution in [3.05, 3.63) is 0 Å². The standard InChI is InChI=1S/C13H30N2/c1-3-5-7-8-12-15-13(10-11-14)9-6-4-2/h13,15H,3-12,14H2,1-2H3. The minimum absolute atomic E-state index is 0.663. The summed E-state index contributed by atoms with van der Waals surface area (Å²) in [4.78, 5) is 0. The van der Waals surface area contributed by atoms with E-state index in [2.05, 4.69) is 19.2 Å². The van der Waals surface area contributed by atoms with Crippen LogP contribution in [0.3, 0.4) is 0 Å². The van der Waals surface area contributed by atoms with E-state index < -0.39 is 0 Å². The Morgan fingerprint density at radius 2 is 1.67 bits per heavy atom. The second-order valence-electron chi connectivity index (χ2n) is 4.43. The number of unbranched alkanes of at least 4 members (excludes halogenated alkanes) is 4. The predicted octanol–water partition coefficient (Wildman–Crippen LogP) is 3.06. The van der Waals surface area contributed by atoms with Crippen molar-refractivity contribution in [2.24, 2.45) is 5.73 Å². The summed E-state index contributed by atoms with van der Waals surface area (Å²) >= 11 is 0. The lowest BCUT2D eigenvalue weighted by Crippen LogP contribution is -2.32. The smallest absolute Gasteiger partial charge is 0.00790 e. The van der Waals surface area contributed by atoms with Crippen molar-refractivity contribution in [1.29, 1.82) is 0 Å². The third kappa shape index (κ3) is 10.2. The fraction of sp³-hybridized carbons (Fsp3) is 1.00. The number of rotatable bonds is 11. The molecule has 0 spiro atoms. The molecule has 0 radical (unpaired) electrons. The second-order valence-corrected chi connectivity index (χ2v) is 4.43. The van der Waals surface area contributed by atoms with E-state index in [1.54, 1.807) is 0 Å². The number of hydrogen-bond acceptors (Lipinski definition) is 2. The Kier molecular flexibility index (Phi) is 11.9. The van der Waals surface area contributed by atoms with Crippen LogP contribution in [0.15, 0.2) is 0 Å². The highest BCUT2D eigenvalue weighted by molar-refractivity contribution is 4.67. The van der Waals surface area contributed by atoms with Gasteiger partial charge >= 0.3 is 0 Å². The third-order valence-corrected chi connectivity index (χ3v) is 2.88. The first-order valence-corrected chi connectivity index (χ1v) is 6.78. The summed E-state index contributed by atoms with van der Waals surface area (Å²) in [6, 6.07) is 0.663. The normalized spacial score (nSPS) is 13.0. The van der Waals surface area contributed by atoms with Gasteiger partial charge in [0, 0.05) is 6.04 Å². The molecule has 0 heterocycles. The zero-order valence-electron chi connectivity index (χ0n) is 10.7. The van der Waals surface area contributed by atoms with Crippen LogP contribution < -0.4 is 11.1 Å². The molecule has 0 rings (SSSR count). The van der Waals surface area contributed by atoms with Gasteiger partial charge in [0.15, 0.2) is 0 Å². The lowest BCUT2D eigenvalue weighted by Gasteiger charge is -2.17. The molecule has 15 heavy (non-hydrogen) atoms. The van der Waals surface area contributed by atoms with Crippen LogP contribution in [0, 0.1) is 0 Å². The molecule has 92 valence electrons. The van der Waals surface area contributed by atoms with Crippen molar-refractivity contribution >= 4 is 0 Å². The SMILES string of the molecule is CCCCCCNC(CCN)CCCC. The van der Waals surface area contributed by atoms with E-state index >= 15 is 0 Å². The number of nitrogens with one attached hydrogen (secondary N) is 1. The lowest BCUT2D eigenvalue weighted by atomic mass is 10.1. The molecule has 0 saturated carbocycles. The molecule has 0 aromatic heterocycles. The van der Waals surface area contributed by atoms with E-state index in [1.807, 2.05) is 0 Å². The van der Waals surface area contributed by atoms with Crippen molar-refractivity contribution in [3.8, 4) is 0 Å². The van der Waals surface area contributed by atoms with Gasteiger partial charge in [-0.2, -0.15) is 0 Å². The number of nitrogens with two attached hydrogens (primary N) is 1. The van der Waals surface area contributed by atoms with Gasteiger partial charge < -0.3 is 11.1 Å². The van der Waals surface area contributed by atoms with Crippen molar-refractivity contribution in [2.75, 3.05) is 13.1 Å². The Labute approximate surface area is 96.0 Å². The molecule has 1 atom stereocenters. The van der Waals surface area contributed by atoms with E-state index in [0.717, 1.165) is 13.0 Å². The zero-order valence-corrected chi connectivity index (χ0v) is 10.7. The fourth-order valence-electron chi connectivity index (χ4n) is 1.86.